The first kappa shape index (κ1) is 20.5. The number of benzene rings is 2. The Morgan fingerprint density at radius 1 is 1.17 bits per heavy atom. The van der Waals surface area contributed by atoms with E-state index in [2.05, 4.69) is 5.32 Å². The maximum Gasteiger partial charge on any atom is 0.266 e. The molecule has 0 unspecified atom stereocenters. The second-order valence-electron chi connectivity index (χ2n) is 5.91. The molecule has 0 fully saturated rings. The minimum atomic E-state index is -0.542. The van der Waals surface area contributed by atoms with Crippen LogP contribution in [-0.4, -0.2) is 12.5 Å². The monoisotopic (exact) mass is 426 g/mol. The van der Waals surface area contributed by atoms with Crippen LogP contribution in [0.3, 0.4) is 0 Å². The fraction of sp³-hybridized carbons (Fsp3) is 0.0909. The van der Waals surface area contributed by atoms with Crippen molar-refractivity contribution in [1.82, 2.24) is 0 Å². The lowest BCUT2D eigenvalue weighted by Gasteiger charge is -2.06. The maximum absolute atomic E-state index is 12.4. The topological polar surface area (TPSA) is 75.3 Å². The van der Waals surface area contributed by atoms with E-state index in [1.54, 1.807) is 54.6 Å². The van der Waals surface area contributed by atoms with Crippen molar-refractivity contribution in [2.45, 2.75) is 6.92 Å². The molecule has 7 heteroatoms. The summed E-state index contributed by atoms with van der Waals surface area (Å²) in [5, 5.41) is 13.0. The van der Waals surface area contributed by atoms with E-state index in [0.29, 0.717) is 45.2 Å². The molecule has 1 amide bonds. The molecule has 0 radical (unpaired) electrons. The summed E-state index contributed by atoms with van der Waals surface area (Å²) in [5.41, 5.74) is 1.11. The summed E-state index contributed by atoms with van der Waals surface area (Å²) in [5.74, 6) is 1.01. The smallest absolute Gasteiger partial charge is 0.266 e. The van der Waals surface area contributed by atoms with Crippen molar-refractivity contribution in [1.29, 1.82) is 5.26 Å². The highest BCUT2D eigenvalue weighted by Gasteiger charge is 2.13. The van der Waals surface area contributed by atoms with Gasteiger partial charge in [0.15, 0.2) is 0 Å². The number of rotatable bonds is 6. The fourth-order valence-electron chi connectivity index (χ4n) is 2.55. The Morgan fingerprint density at radius 2 is 1.93 bits per heavy atom. The van der Waals surface area contributed by atoms with Gasteiger partial charge in [-0.25, -0.2) is 0 Å². The Labute approximate surface area is 178 Å². The summed E-state index contributed by atoms with van der Waals surface area (Å²) in [6.07, 6.45) is 1.37. The number of hydrogen-bond acceptors (Lipinski definition) is 4. The molecule has 3 aromatic rings. The average Bonchev–Trinajstić information content (AvgIpc) is 3.16. The zero-order valence-electron chi connectivity index (χ0n) is 15.4. The molecule has 0 saturated carbocycles. The summed E-state index contributed by atoms with van der Waals surface area (Å²) < 4.78 is 11.1. The molecule has 0 bridgehead atoms. The van der Waals surface area contributed by atoms with E-state index in [1.807, 2.05) is 13.0 Å². The van der Waals surface area contributed by atoms with E-state index in [-0.39, 0.29) is 5.57 Å². The number of ether oxygens (including phenoxy) is 1. The summed E-state index contributed by atoms with van der Waals surface area (Å²) in [6, 6.07) is 17.2. The van der Waals surface area contributed by atoms with E-state index < -0.39 is 5.91 Å². The van der Waals surface area contributed by atoms with Crippen LogP contribution in [0.2, 0.25) is 10.0 Å². The zero-order valence-corrected chi connectivity index (χ0v) is 16.9. The van der Waals surface area contributed by atoms with E-state index in [0.717, 1.165) is 0 Å². The number of halogens is 2. The Bertz CT molecular complexity index is 1100. The number of amides is 1. The highest BCUT2D eigenvalue weighted by Crippen LogP contribution is 2.32. The van der Waals surface area contributed by atoms with Gasteiger partial charge in [0, 0.05) is 22.3 Å². The fourth-order valence-corrected chi connectivity index (χ4v) is 3.06. The Kier molecular flexibility index (Phi) is 6.61. The first-order chi connectivity index (χ1) is 14.0. The minimum Gasteiger partial charge on any atom is -0.494 e. The third-order valence-corrected chi connectivity index (χ3v) is 4.45. The lowest BCUT2D eigenvalue weighted by molar-refractivity contribution is -0.112. The first-order valence-electron chi connectivity index (χ1n) is 8.71. The van der Waals surface area contributed by atoms with E-state index in [1.165, 1.54) is 6.08 Å². The lowest BCUT2D eigenvalue weighted by atomic mass is 10.2. The third kappa shape index (κ3) is 5.20. The van der Waals surface area contributed by atoms with Crippen LogP contribution < -0.4 is 10.1 Å². The minimum absolute atomic E-state index is 0.0954. The van der Waals surface area contributed by atoms with Gasteiger partial charge >= 0.3 is 0 Å². The van der Waals surface area contributed by atoms with Gasteiger partial charge in [0.1, 0.15) is 28.9 Å². The number of furan rings is 1. The molecule has 1 N–H and O–H groups in total. The van der Waals surface area contributed by atoms with Crippen molar-refractivity contribution in [3.8, 4) is 23.1 Å². The molecule has 146 valence electrons. The predicted molar refractivity (Wildman–Crippen MR) is 114 cm³/mol. The van der Waals surface area contributed by atoms with Gasteiger partial charge in [-0.2, -0.15) is 5.26 Å². The highest BCUT2D eigenvalue weighted by atomic mass is 35.5. The molecule has 0 spiro atoms. The maximum atomic E-state index is 12.4. The number of nitriles is 1. The standard InChI is InChI=1S/C22H16Cl2N2O3/c1-2-28-17-6-4-16(5-7-17)26-22(27)14(13-25)11-18-8-10-21(29-18)19-9-3-15(23)12-20(19)24/h3-12H,2H2,1H3,(H,26,27)/b14-11+. The van der Waals surface area contributed by atoms with Crippen LogP contribution in [0.1, 0.15) is 12.7 Å². The molecular formula is C22H16Cl2N2O3. The van der Waals surface area contributed by atoms with Crippen molar-refractivity contribution in [2.24, 2.45) is 0 Å². The molecule has 3 rings (SSSR count). The molecule has 5 nitrogen and oxygen atoms in total. The molecule has 0 aliphatic heterocycles. The van der Waals surface area contributed by atoms with Gasteiger partial charge in [0.25, 0.3) is 5.91 Å². The first-order valence-corrected chi connectivity index (χ1v) is 9.47. The largest absolute Gasteiger partial charge is 0.494 e. The van der Waals surface area contributed by atoms with Crippen LogP contribution >= 0.6 is 23.2 Å². The molecule has 0 saturated heterocycles. The average molecular weight is 427 g/mol. The quantitative estimate of drug-likeness (QED) is 0.376. The number of nitrogens with zero attached hydrogens (tertiary/aromatic N) is 1. The Balaban J connectivity index is 1.76. The molecular weight excluding hydrogens is 411 g/mol. The molecule has 1 heterocycles. The van der Waals surface area contributed by atoms with Crippen molar-refractivity contribution in [2.75, 3.05) is 11.9 Å². The Hall–Kier alpha value is -3.20. The van der Waals surface area contributed by atoms with Gasteiger partial charge in [-0.1, -0.05) is 23.2 Å². The van der Waals surface area contributed by atoms with Crippen LogP contribution in [0.4, 0.5) is 5.69 Å². The SMILES string of the molecule is CCOc1ccc(NC(=O)/C(C#N)=C/c2ccc(-c3ccc(Cl)cc3Cl)o2)cc1. The molecule has 1 aromatic heterocycles. The second kappa shape index (κ2) is 9.33. The van der Waals surface area contributed by atoms with Gasteiger partial charge in [-0.3, -0.25) is 4.79 Å². The third-order valence-electron chi connectivity index (χ3n) is 3.90. The van der Waals surface area contributed by atoms with Gasteiger partial charge < -0.3 is 14.5 Å². The van der Waals surface area contributed by atoms with E-state index >= 15 is 0 Å². The van der Waals surface area contributed by atoms with E-state index in [4.69, 9.17) is 32.4 Å². The normalized spacial score (nSPS) is 11.0. The predicted octanol–water partition coefficient (Wildman–Crippen LogP) is 6.20. The summed E-state index contributed by atoms with van der Waals surface area (Å²) >= 11 is 12.1. The highest BCUT2D eigenvalue weighted by molar-refractivity contribution is 6.36. The Morgan fingerprint density at radius 3 is 2.59 bits per heavy atom. The van der Waals surface area contributed by atoms with Crippen LogP contribution in [-0.2, 0) is 4.79 Å². The number of carbonyl (C=O) groups excluding carboxylic acids is 1. The summed E-state index contributed by atoms with van der Waals surface area (Å²) in [4.78, 5) is 12.4. The van der Waals surface area contributed by atoms with Crippen LogP contribution in [0, 0.1) is 11.3 Å². The lowest BCUT2D eigenvalue weighted by Crippen LogP contribution is -2.13. The second-order valence-corrected chi connectivity index (χ2v) is 6.75. The molecule has 0 aliphatic carbocycles. The molecule has 0 aliphatic rings. The summed E-state index contributed by atoms with van der Waals surface area (Å²) in [6.45, 7) is 2.44. The van der Waals surface area contributed by atoms with Crippen LogP contribution in [0.15, 0.2) is 64.6 Å². The number of carbonyl (C=O) groups is 1. The molecule has 0 atom stereocenters. The van der Waals surface area contributed by atoms with Crippen molar-refractivity contribution in [3.63, 3.8) is 0 Å². The van der Waals surface area contributed by atoms with Gasteiger partial charge in [0.05, 0.1) is 11.6 Å². The van der Waals surface area contributed by atoms with Gasteiger partial charge in [-0.05, 0) is 61.5 Å². The van der Waals surface area contributed by atoms with E-state index in [9.17, 15) is 10.1 Å². The van der Waals surface area contributed by atoms with Gasteiger partial charge in [-0.15, -0.1) is 0 Å². The number of nitrogens with one attached hydrogen (secondary N) is 1. The number of hydrogen-bond donors (Lipinski definition) is 1. The van der Waals surface area contributed by atoms with Crippen LogP contribution in [0.25, 0.3) is 17.4 Å². The molecule has 2 aromatic carbocycles. The zero-order chi connectivity index (χ0) is 20.8. The van der Waals surface area contributed by atoms with Crippen molar-refractivity contribution in [3.05, 3.63) is 76.0 Å². The van der Waals surface area contributed by atoms with Crippen molar-refractivity contribution >= 4 is 40.9 Å². The van der Waals surface area contributed by atoms with Gasteiger partial charge in [0.2, 0.25) is 0 Å². The number of anilines is 1. The van der Waals surface area contributed by atoms with Crippen molar-refractivity contribution < 1.29 is 13.9 Å². The summed E-state index contributed by atoms with van der Waals surface area (Å²) in [7, 11) is 0. The molecule has 29 heavy (non-hydrogen) atoms. The van der Waals surface area contributed by atoms with Crippen LogP contribution in [0.5, 0.6) is 5.75 Å².